The lowest BCUT2D eigenvalue weighted by atomic mass is 10.1. The number of rotatable bonds is 8. The van der Waals surface area contributed by atoms with E-state index in [0.717, 1.165) is 6.42 Å². The van der Waals surface area contributed by atoms with Crippen LogP contribution in [-0.4, -0.2) is 28.1 Å². The molecule has 0 aromatic heterocycles. The molecule has 120 valence electrons. The number of ether oxygens (including phenoxy) is 1. The molecule has 0 saturated heterocycles. The smallest absolute Gasteiger partial charge is 0.241 e. The van der Waals surface area contributed by atoms with Crippen molar-refractivity contribution in [2.75, 3.05) is 13.7 Å². The molecular formula is C15H26N2O3S. The molecule has 21 heavy (non-hydrogen) atoms. The fourth-order valence-electron chi connectivity index (χ4n) is 2.38. The Hall–Kier alpha value is -1.11. The normalized spacial score (nSPS) is 13.4. The van der Waals surface area contributed by atoms with Crippen molar-refractivity contribution in [3.63, 3.8) is 0 Å². The van der Waals surface area contributed by atoms with Crippen molar-refractivity contribution in [3.05, 3.63) is 23.8 Å². The molecule has 0 radical (unpaired) electrons. The molecule has 0 heterocycles. The summed E-state index contributed by atoms with van der Waals surface area (Å²) in [6.45, 7) is 6.40. The zero-order chi connectivity index (χ0) is 16.0. The van der Waals surface area contributed by atoms with Crippen molar-refractivity contribution in [1.82, 2.24) is 4.72 Å². The summed E-state index contributed by atoms with van der Waals surface area (Å²) in [5.74, 6) is 1.06. The molecule has 3 N–H and O–H groups in total. The summed E-state index contributed by atoms with van der Waals surface area (Å²) in [5, 5.41) is 0. The van der Waals surface area contributed by atoms with E-state index in [1.54, 1.807) is 25.3 Å². The highest BCUT2D eigenvalue weighted by Crippen LogP contribution is 2.22. The first-order valence-corrected chi connectivity index (χ1v) is 8.67. The highest BCUT2D eigenvalue weighted by Gasteiger charge is 2.21. The SMILES string of the molecule is COc1ccc(S(=O)(=O)NC(C)CC(C)C)c(CCN)c1. The fraction of sp³-hybridized carbons (Fsp3) is 0.600. The first kappa shape index (κ1) is 17.9. The van der Waals surface area contributed by atoms with E-state index in [1.807, 2.05) is 6.92 Å². The fourth-order valence-corrected chi connectivity index (χ4v) is 3.89. The molecule has 0 saturated carbocycles. The van der Waals surface area contributed by atoms with Gasteiger partial charge in [-0.2, -0.15) is 0 Å². The predicted octanol–water partition coefficient (Wildman–Crippen LogP) is 1.91. The standard InChI is InChI=1S/C15H26N2O3S/c1-11(2)9-12(3)17-21(18,19)15-6-5-14(20-4)10-13(15)7-8-16/h5-6,10-12,17H,7-9,16H2,1-4H3. The van der Waals surface area contributed by atoms with Crippen LogP contribution in [0.4, 0.5) is 0 Å². The van der Waals surface area contributed by atoms with Gasteiger partial charge in [0.25, 0.3) is 0 Å². The maximum absolute atomic E-state index is 12.5. The summed E-state index contributed by atoms with van der Waals surface area (Å²) in [5.41, 5.74) is 6.26. The van der Waals surface area contributed by atoms with Crippen LogP contribution in [0.3, 0.4) is 0 Å². The van der Waals surface area contributed by atoms with Crippen LogP contribution in [0, 0.1) is 5.92 Å². The van der Waals surface area contributed by atoms with Gasteiger partial charge in [0.1, 0.15) is 5.75 Å². The molecule has 1 unspecified atom stereocenters. The number of nitrogens with two attached hydrogens (primary N) is 1. The molecule has 0 aliphatic heterocycles. The Kier molecular flexibility index (Phi) is 6.64. The second-order valence-electron chi connectivity index (χ2n) is 5.66. The second kappa shape index (κ2) is 7.77. The number of benzene rings is 1. The van der Waals surface area contributed by atoms with Gasteiger partial charge in [0.05, 0.1) is 12.0 Å². The molecule has 0 amide bonds. The minimum absolute atomic E-state index is 0.108. The van der Waals surface area contributed by atoms with Crippen LogP contribution in [0.1, 0.15) is 32.8 Å². The quantitative estimate of drug-likeness (QED) is 0.768. The second-order valence-corrected chi connectivity index (χ2v) is 7.35. The summed E-state index contributed by atoms with van der Waals surface area (Å²) in [6.07, 6.45) is 1.29. The predicted molar refractivity (Wildman–Crippen MR) is 85.0 cm³/mol. The molecular weight excluding hydrogens is 288 g/mol. The Bertz CT molecular complexity index is 556. The van der Waals surface area contributed by atoms with E-state index >= 15 is 0 Å². The van der Waals surface area contributed by atoms with Crippen molar-refractivity contribution in [2.24, 2.45) is 11.7 Å². The van der Waals surface area contributed by atoms with Gasteiger partial charge in [-0.05, 0) is 56.0 Å². The highest BCUT2D eigenvalue weighted by molar-refractivity contribution is 7.89. The molecule has 0 spiro atoms. The van der Waals surface area contributed by atoms with Crippen molar-refractivity contribution in [3.8, 4) is 5.75 Å². The van der Waals surface area contributed by atoms with E-state index < -0.39 is 10.0 Å². The minimum Gasteiger partial charge on any atom is -0.497 e. The van der Waals surface area contributed by atoms with E-state index in [2.05, 4.69) is 18.6 Å². The van der Waals surface area contributed by atoms with Gasteiger partial charge in [-0.3, -0.25) is 0 Å². The number of hydrogen-bond acceptors (Lipinski definition) is 4. The molecule has 6 heteroatoms. The summed E-state index contributed by atoms with van der Waals surface area (Å²) < 4.78 is 32.9. The Morgan fingerprint density at radius 1 is 1.29 bits per heavy atom. The topological polar surface area (TPSA) is 81.4 Å². The molecule has 1 rings (SSSR count). The summed E-state index contributed by atoms with van der Waals surface area (Å²) >= 11 is 0. The number of hydrogen-bond donors (Lipinski definition) is 2. The number of nitrogens with one attached hydrogen (secondary N) is 1. The van der Waals surface area contributed by atoms with Gasteiger partial charge >= 0.3 is 0 Å². The van der Waals surface area contributed by atoms with Crippen molar-refractivity contribution >= 4 is 10.0 Å². The van der Waals surface area contributed by atoms with Gasteiger partial charge in [-0.1, -0.05) is 13.8 Å². The maximum Gasteiger partial charge on any atom is 0.241 e. The third-order valence-electron chi connectivity index (χ3n) is 3.15. The van der Waals surface area contributed by atoms with E-state index in [-0.39, 0.29) is 10.9 Å². The van der Waals surface area contributed by atoms with Gasteiger partial charge in [0, 0.05) is 6.04 Å². The molecule has 5 nitrogen and oxygen atoms in total. The average molecular weight is 314 g/mol. The minimum atomic E-state index is -3.54. The zero-order valence-electron chi connectivity index (χ0n) is 13.2. The van der Waals surface area contributed by atoms with Crippen LogP contribution in [0.15, 0.2) is 23.1 Å². The van der Waals surface area contributed by atoms with E-state index in [9.17, 15) is 8.42 Å². The van der Waals surface area contributed by atoms with Crippen molar-refractivity contribution in [2.45, 2.75) is 44.6 Å². The van der Waals surface area contributed by atoms with Gasteiger partial charge < -0.3 is 10.5 Å². The molecule has 1 atom stereocenters. The lowest BCUT2D eigenvalue weighted by Crippen LogP contribution is -2.34. The highest BCUT2D eigenvalue weighted by atomic mass is 32.2. The Morgan fingerprint density at radius 3 is 2.48 bits per heavy atom. The summed E-state index contributed by atoms with van der Waals surface area (Å²) in [7, 11) is -1.99. The summed E-state index contributed by atoms with van der Waals surface area (Å²) in [4.78, 5) is 0.282. The van der Waals surface area contributed by atoms with E-state index in [4.69, 9.17) is 10.5 Å². The summed E-state index contributed by atoms with van der Waals surface area (Å²) in [6, 6.07) is 4.85. The van der Waals surface area contributed by atoms with Gasteiger partial charge in [-0.15, -0.1) is 0 Å². The molecule has 0 bridgehead atoms. The number of sulfonamides is 1. The lowest BCUT2D eigenvalue weighted by Gasteiger charge is -2.18. The Balaban J connectivity index is 3.06. The molecule has 0 aliphatic rings. The number of methoxy groups -OCH3 is 1. The van der Waals surface area contributed by atoms with Gasteiger partial charge in [0.15, 0.2) is 0 Å². The third kappa shape index (κ3) is 5.30. The van der Waals surface area contributed by atoms with Crippen LogP contribution in [0.25, 0.3) is 0 Å². The van der Waals surface area contributed by atoms with Crippen LogP contribution in [0.2, 0.25) is 0 Å². The Labute approximate surface area is 127 Å². The first-order valence-electron chi connectivity index (χ1n) is 7.19. The van der Waals surface area contributed by atoms with Gasteiger partial charge in [0.2, 0.25) is 10.0 Å². The van der Waals surface area contributed by atoms with Crippen LogP contribution in [-0.2, 0) is 16.4 Å². The van der Waals surface area contributed by atoms with E-state index in [1.165, 1.54) is 0 Å². The van der Waals surface area contributed by atoms with Gasteiger partial charge in [-0.25, -0.2) is 13.1 Å². The average Bonchev–Trinajstić information content (AvgIpc) is 2.36. The maximum atomic E-state index is 12.5. The lowest BCUT2D eigenvalue weighted by molar-refractivity contribution is 0.413. The molecule has 1 aromatic rings. The molecule has 0 aliphatic carbocycles. The monoisotopic (exact) mass is 314 g/mol. The zero-order valence-corrected chi connectivity index (χ0v) is 14.0. The van der Waals surface area contributed by atoms with Crippen molar-refractivity contribution < 1.29 is 13.2 Å². The van der Waals surface area contributed by atoms with Crippen LogP contribution >= 0.6 is 0 Å². The third-order valence-corrected chi connectivity index (χ3v) is 4.84. The van der Waals surface area contributed by atoms with Crippen molar-refractivity contribution in [1.29, 1.82) is 0 Å². The molecule has 1 aromatic carbocycles. The van der Waals surface area contributed by atoms with Crippen LogP contribution < -0.4 is 15.2 Å². The first-order chi connectivity index (χ1) is 9.80. The van der Waals surface area contributed by atoms with Crippen LogP contribution in [0.5, 0.6) is 5.75 Å². The Morgan fingerprint density at radius 2 is 1.95 bits per heavy atom. The largest absolute Gasteiger partial charge is 0.497 e. The van der Waals surface area contributed by atoms with E-state index in [0.29, 0.717) is 30.2 Å². The molecule has 0 fully saturated rings.